The van der Waals surface area contributed by atoms with E-state index in [4.69, 9.17) is 9.15 Å². The molecule has 1 saturated heterocycles. The lowest BCUT2D eigenvalue weighted by atomic mass is 10.2. The Morgan fingerprint density at radius 2 is 2.00 bits per heavy atom. The predicted octanol–water partition coefficient (Wildman–Crippen LogP) is 1.56. The molecule has 1 fully saturated rings. The molecule has 1 amide bonds. The van der Waals surface area contributed by atoms with Crippen molar-refractivity contribution in [3.05, 3.63) is 17.9 Å². The molecule has 0 radical (unpaired) electrons. The van der Waals surface area contributed by atoms with Gasteiger partial charge < -0.3 is 14.1 Å². The number of carbonyl (C=O) groups is 1. The molecule has 0 atom stereocenters. The second-order valence-corrected chi connectivity index (χ2v) is 7.53. The molecule has 0 spiro atoms. The number of nitrogens with zero attached hydrogens (tertiary/aromatic N) is 2. The monoisotopic (exact) mass is 344 g/mol. The molecule has 1 aromatic heterocycles. The number of ether oxygens (including phenoxy) is 1. The van der Waals surface area contributed by atoms with E-state index in [0.717, 1.165) is 19.3 Å². The minimum atomic E-state index is -3.65. The number of hydrogen-bond acceptors (Lipinski definition) is 5. The standard InChI is InChI=1S/C15H24N2O5S/c1-16(9-6-12-21-2)15(18)13-7-8-14(22-13)23(19,20)17-10-4-3-5-11-17/h7-8H,3-6,9-12H2,1-2H3. The number of amides is 1. The first-order valence-electron chi connectivity index (χ1n) is 7.81. The molecule has 0 N–H and O–H groups in total. The van der Waals surface area contributed by atoms with Crippen molar-refractivity contribution in [3.8, 4) is 0 Å². The fourth-order valence-corrected chi connectivity index (χ4v) is 3.97. The number of furan rings is 1. The lowest BCUT2D eigenvalue weighted by Crippen LogP contribution is -2.35. The van der Waals surface area contributed by atoms with E-state index >= 15 is 0 Å². The summed E-state index contributed by atoms with van der Waals surface area (Å²) >= 11 is 0. The van der Waals surface area contributed by atoms with Gasteiger partial charge in [-0.05, 0) is 31.4 Å². The summed E-state index contributed by atoms with van der Waals surface area (Å²) in [6.45, 7) is 2.08. The Morgan fingerprint density at radius 1 is 1.30 bits per heavy atom. The van der Waals surface area contributed by atoms with E-state index in [1.807, 2.05) is 0 Å². The van der Waals surface area contributed by atoms with Crippen LogP contribution < -0.4 is 0 Å². The number of methoxy groups -OCH3 is 1. The van der Waals surface area contributed by atoms with Crippen molar-refractivity contribution in [3.63, 3.8) is 0 Å². The van der Waals surface area contributed by atoms with Crippen molar-refractivity contribution in [1.82, 2.24) is 9.21 Å². The van der Waals surface area contributed by atoms with Crippen LogP contribution in [0.25, 0.3) is 0 Å². The fraction of sp³-hybridized carbons (Fsp3) is 0.667. The average Bonchev–Trinajstić information content (AvgIpc) is 3.06. The summed E-state index contributed by atoms with van der Waals surface area (Å²) in [5.41, 5.74) is 0. The maximum Gasteiger partial charge on any atom is 0.289 e. The minimum Gasteiger partial charge on any atom is -0.438 e. The molecular weight excluding hydrogens is 320 g/mol. The maximum absolute atomic E-state index is 12.5. The van der Waals surface area contributed by atoms with Gasteiger partial charge in [0.15, 0.2) is 5.76 Å². The van der Waals surface area contributed by atoms with Crippen molar-refractivity contribution < 1.29 is 22.4 Å². The van der Waals surface area contributed by atoms with Crippen molar-refractivity contribution in [2.24, 2.45) is 0 Å². The van der Waals surface area contributed by atoms with E-state index in [9.17, 15) is 13.2 Å². The highest BCUT2D eigenvalue weighted by atomic mass is 32.2. The highest BCUT2D eigenvalue weighted by Gasteiger charge is 2.30. The molecule has 23 heavy (non-hydrogen) atoms. The smallest absolute Gasteiger partial charge is 0.289 e. The third-order valence-electron chi connectivity index (χ3n) is 3.89. The van der Waals surface area contributed by atoms with Crippen LogP contribution in [0.4, 0.5) is 0 Å². The molecule has 8 heteroatoms. The Bertz CT molecular complexity index is 620. The summed E-state index contributed by atoms with van der Waals surface area (Å²) in [7, 11) is -0.390. The summed E-state index contributed by atoms with van der Waals surface area (Å²) in [4.78, 5) is 13.7. The van der Waals surface area contributed by atoms with Gasteiger partial charge in [0.1, 0.15) is 0 Å². The van der Waals surface area contributed by atoms with Crippen molar-refractivity contribution in [1.29, 1.82) is 0 Å². The number of rotatable bonds is 7. The van der Waals surface area contributed by atoms with E-state index in [-0.39, 0.29) is 16.8 Å². The fourth-order valence-electron chi connectivity index (χ4n) is 2.54. The van der Waals surface area contributed by atoms with Crippen molar-refractivity contribution in [2.45, 2.75) is 30.8 Å². The van der Waals surface area contributed by atoms with Gasteiger partial charge in [0, 0.05) is 40.4 Å². The summed E-state index contributed by atoms with van der Waals surface area (Å²) in [5, 5.41) is -0.159. The summed E-state index contributed by atoms with van der Waals surface area (Å²) in [6, 6.07) is 2.78. The second kappa shape index (κ2) is 7.94. The molecule has 0 bridgehead atoms. The molecule has 0 aliphatic carbocycles. The molecule has 0 unspecified atom stereocenters. The Hall–Kier alpha value is -1.38. The van der Waals surface area contributed by atoms with E-state index in [0.29, 0.717) is 32.7 Å². The quantitative estimate of drug-likeness (QED) is 0.701. The Kier molecular flexibility index (Phi) is 6.20. The lowest BCUT2D eigenvalue weighted by molar-refractivity contribution is 0.0742. The first-order chi connectivity index (χ1) is 11.0. The highest BCUT2D eigenvalue weighted by molar-refractivity contribution is 7.89. The van der Waals surface area contributed by atoms with E-state index in [2.05, 4.69) is 0 Å². The van der Waals surface area contributed by atoms with Gasteiger partial charge in [0.2, 0.25) is 5.09 Å². The van der Waals surface area contributed by atoms with Crippen LogP contribution in [0.3, 0.4) is 0 Å². The zero-order chi connectivity index (χ0) is 16.9. The number of hydrogen-bond donors (Lipinski definition) is 0. The highest BCUT2D eigenvalue weighted by Crippen LogP contribution is 2.22. The molecule has 1 aliphatic rings. The van der Waals surface area contributed by atoms with E-state index < -0.39 is 10.0 Å². The number of sulfonamides is 1. The first-order valence-corrected chi connectivity index (χ1v) is 9.25. The largest absolute Gasteiger partial charge is 0.438 e. The zero-order valence-electron chi connectivity index (χ0n) is 13.7. The van der Waals surface area contributed by atoms with Crippen LogP contribution in [0.5, 0.6) is 0 Å². The van der Waals surface area contributed by atoms with Gasteiger partial charge in [-0.25, -0.2) is 8.42 Å². The van der Waals surface area contributed by atoms with Crippen LogP contribution in [-0.4, -0.2) is 63.9 Å². The van der Waals surface area contributed by atoms with Crippen LogP contribution in [0.1, 0.15) is 36.2 Å². The summed E-state index contributed by atoms with van der Waals surface area (Å²) in [6.07, 6.45) is 3.46. The molecule has 2 rings (SSSR count). The predicted molar refractivity (Wildman–Crippen MR) is 84.8 cm³/mol. The van der Waals surface area contributed by atoms with Gasteiger partial charge in [-0.2, -0.15) is 4.31 Å². The van der Waals surface area contributed by atoms with E-state index in [1.165, 1.54) is 21.3 Å². The Balaban J connectivity index is 2.05. The van der Waals surface area contributed by atoms with Crippen LogP contribution in [0.15, 0.2) is 21.6 Å². The molecule has 7 nitrogen and oxygen atoms in total. The molecule has 0 saturated carbocycles. The molecule has 0 aromatic carbocycles. The van der Waals surface area contributed by atoms with Crippen LogP contribution in [-0.2, 0) is 14.8 Å². The third kappa shape index (κ3) is 4.33. The van der Waals surface area contributed by atoms with Gasteiger partial charge in [0.05, 0.1) is 0 Å². The Morgan fingerprint density at radius 3 is 2.65 bits per heavy atom. The van der Waals surface area contributed by atoms with Gasteiger partial charge in [0.25, 0.3) is 15.9 Å². The number of carbonyl (C=O) groups excluding carboxylic acids is 1. The zero-order valence-corrected chi connectivity index (χ0v) is 14.5. The average molecular weight is 344 g/mol. The first kappa shape index (κ1) is 18.0. The van der Waals surface area contributed by atoms with Gasteiger partial charge >= 0.3 is 0 Å². The molecule has 2 heterocycles. The van der Waals surface area contributed by atoms with E-state index in [1.54, 1.807) is 14.2 Å². The van der Waals surface area contributed by atoms with Gasteiger partial charge in [-0.15, -0.1) is 0 Å². The molecular formula is C15H24N2O5S. The summed E-state index contributed by atoms with van der Waals surface area (Å²) < 4.78 is 36.7. The molecule has 1 aromatic rings. The van der Waals surface area contributed by atoms with Crippen molar-refractivity contribution in [2.75, 3.05) is 40.4 Å². The third-order valence-corrected chi connectivity index (χ3v) is 5.66. The molecule has 130 valence electrons. The SMILES string of the molecule is COCCCN(C)C(=O)c1ccc(S(=O)(=O)N2CCCCC2)o1. The van der Waals surface area contributed by atoms with Gasteiger partial charge in [-0.3, -0.25) is 4.79 Å². The van der Waals surface area contributed by atoms with Crippen molar-refractivity contribution >= 4 is 15.9 Å². The van der Waals surface area contributed by atoms with Crippen LogP contribution in [0, 0.1) is 0 Å². The summed E-state index contributed by atoms with van der Waals surface area (Å²) in [5.74, 6) is -0.290. The Labute approximate surface area is 137 Å². The van der Waals surface area contributed by atoms with Crippen LogP contribution >= 0.6 is 0 Å². The normalized spacial score (nSPS) is 16.4. The van der Waals surface area contributed by atoms with Crippen LogP contribution in [0.2, 0.25) is 0 Å². The minimum absolute atomic E-state index is 0.0421. The number of piperidine rings is 1. The maximum atomic E-state index is 12.5. The molecule has 1 aliphatic heterocycles. The topological polar surface area (TPSA) is 80.1 Å². The lowest BCUT2D eigenvalue weighted by Gasteiger charge is -2.24. The van der Waals surface area contributed by atoms with Gasteiger partial charge in [-0.1, -0.05) is 6.42 Å². The second-order valence-electron chi connectivity index (χ2n) is 5.66.